The van der Waals surface area contributed by atoms with Gasteiger partial charge >= 0.3 is 18.1 Å². The maximum absolute atomic E-state index is 13.1. The molecule has 0 N–H and O–H groups in total. The van der Waals surface area contributed by atoms with Crippen molar-refractivity contribution in [3.63, 3.8) is 0 Å². The van der Waals surface area contributed by atoms with Gasteiger partial charge in [-0.25, -0.2) is 4.79 Å². The highest BCUT2D eigenvalue weighted by atomic mass is 19.4. The second-order valence-electron chi connectivity index (χ2n) is 5.21. The van der Waals surface area contributed by atoms with Crippen molar-refractivity contribution >= 4 is 11.9 Å². The van der Waals surface area contributed by atoms with Crippen molar-refractivity contribution in [2.75, 3.05) is 0 Å². The Morgan fingerprint density at radius 3 is 2.50 bits per heavy atom. The van der Waals surface area contributed by atoms with E-state index in [0.717, 1.165) is 0 Å². The zero-order valence-electron chi connectivity index (χ0n) is 10.3. The second-order valence-corrected chi connectivity index (χ2v) is 5.21. The Hall–Kier alpha value is -1.57. The van der Waals surface area contributed by atoms with Crippen LogP contribution in [0.5, 0.6) is 0 Å². The van der Waals surface area contributed by atoms with Crippen LogP contribution in [-0.4, -0.2) is 42.5 Å². The van der Waals surface area contributed by atoms with Crippen molar-refractivity contribution < 1.29 is 37.0 Å². The number of ether oxygens (including phenoxy) is 3. The minimum Gasteiger partial charge on any atom is -0.455 e. The molecule has 0 aromatic rings. The van der Waals surface area contributed by atoms with Gasteiger partial charge in [0.1, 0.15) is 24.0 Å². The SMILES string of the molecule is C=C(C)C(=O)OC1C2OC(=O)C3C2OC1C3C(F)(F)F. The van der Waals surface area contributed by atoms with Crippen LogP contribution in [0.1, 0.15) is 6.92 Å². The van der Waals surface area contributed by atoms with Gasteiger partial charge in [-0.15, -0.1) is 0 Å². The Morgan fingerprint density at radius 2 is 1.95 bits per heavy atom. The van der Waals surface area contributed by atoms with Crippen LogP contribution in [0.3, 0.4) is 0 Å². The van der Waals surface area contributed by atoms with Gasteiger partial charge < -0.3 is 14.2 Å². The van der Waals surface area contributed by atoms with Crippen molar-refractivity contribution in [1.82, 2.24) is 0 Å². The van der Waals surface area contributed by atoms with E-state index in [1.165, 1.54) is 6.92 Å². The van der Waals surface area contributed by atoms with Gasteiger partial charge in [0.25, 0.3) is 0 Å². The molecule has 3 rings (SSSR count). The van der Waals surface area contributed by atoms with Crippen LogP contribution in [0.15, 0.2) is 12.2 Å². The first-order valence-electron chi connectivity index (χ1n) is 6.01. The normalized spacial score (nSPS) is 41.7. The lowest BCUT2D eigenvalue weighted by molar-refractivity contribution is -0.206. The number of alkyl halides is 3. The van der Waals surface area contributed by atoms with Crippen LogP contribution in [0.2, 0.25) is 0 Å². The summed E-state index contributed by atoms with van der Waals surface area (Å²) in [6, 6.07) is 0. The summed E-state index contributed by atoms with van der Waals surface area (Å²) in [7, 11) is 0. The maximum Gasteiger partial charge on any atom is 0.395 e. The molecule has 5 nitrogen and oxygen atoms in total. The highest BCUT2D eigenvalue weighted by Crippen LogP contribution is 2.55. The molecule has 0 saturated carbocycles. The molecule has 3 heterocycles. The molecule has 8 heteroatoms. The topological polar surface area (TPSA) is 61.8 Å². The van der Waals surface area contributed by atoms with Crippen LogP contribution in [0, 0.1) is 11.8 Å². The van der Waals surface area contributed by atoms with E-state index in [4.69, 9.17) is 14.2 Å². The lowest BCUT2D eigenvalue weighted by Gasteiger charge is -2.29. The average Bonchev–Trinajstić information content (AvgIpc) is 2.90. The van der Waals surface area contributed by atoms with E-state index in [-0.39, 0.29) is 5.57 Å². The predicted octanol–water partition coefficient (Wildman–Crippen LogP) is 0.975. The summed E-state index contributed by atoms with van der Waals surface area (Å²) in [6.07, 6.45) is -9.21. The number of esters is 2. The molecule has 3 aliphatic heterocycles. The van der Waals surface area contributed by atoms with Crippen molar-refractivity contribution in [2.24, 2.45) is 11.8 Å². The third-order valence-electron chi connectivity index (χ3n) is 3.87. The van der Waals surface area contributed by atoms with Crippen LogP contribution in [-0.2, 0) is 23.8 Å². The first kappa shape index (κ1) is 13.4. The lowest BCUT2D eigenvalue weighted by atomic mass is 9.78. The number of fused-ring (bicyclic) bond motifs is 1. The number of carbonyl (C=O) groups excluding carboxylic acids is 2. The zero-order valence-corrected chi connectivity index (χ0v) is 10.3. The van der Waals surface area contributed by atoms with Crippen LogP contribution < -0.4 is 0 Å². The minimum absolute atomic E-state index is 0.0530. The van der Waals surface area contributed by atoms with Crippen molar-refractivity contribution in [1.29, 1.82) is 0 Å². The van der Waals surface area contributed by atoms with Gasteiger partial charge in [0.2, 0.25) is 0 Å². The van der Waals surface area contributed by atoms with Gasteiger partial charge in [0, 0.05) is 5.57 Å². The van der Waals surface area contributed by atoms with Gasteiger partial charge in [0.05, 0.1) is 0 Å². The summed E-state index contributed by atoms with van der Waals surface area (Å²) < 4.78 is 54.3. The summed E-state index contributed by atoms with van der Waals surface area (Å²) in [6.45, 7) is 4.73. The number of hydrogen-bond donors (Lipinski definition) is 0. The van der Waals surface area contributed by atoms with E-state index >= 15 is 0 Å². The summed E-state index contributed by atoms with van der Waals surface area (Å²) >= 11 is 0. The predicted molar refractivity (Wildman–Crippen MR) is 56.3 cm³/mol. The largest absolute Gasteiger partial charge is 0.455 e. The molecule has 0 spiro atoms. The fourth-order valence-electron chi connectivity index (χ4n) is 3.07. The number of rotatable bonds is 2. The molecule has 0 radical (unpaired) electrons. The Bertz CT molecular complexity index is 500. The van der Waals surface area contributed by atoms with Crippen molar-refractivity contribution in [3.05, 3.63) is 12.2 Å². The molecule has 110 valence electrons. The number of halogens is 3. The summed E-state index contributed by atoms with van der Waals surface area (Å²) in [4.78, 5) is 23.0. The Morgan fingerprint density at radius 1 is 1.30 bits per heavy atom. The van der Waals surface area contributed by atoms with Crippen LogP contribution in [0.25, 0.3) is 0 Å². The van der Waals surface area contributed by atoms with E-state index < -0.39 is 54.4 Å². The third kappa shape index (κ3) is 1.67. The fraction of sp³-hybridized carbons (Fsp3) is 0.667. The summed E-state index contributed by atoms with van der Waals surface area (Å²) in [5.41, 5.74) is 0.0530. The van der Waals surface area contributed by atoms with Gasteiger partial charge in [-0.3, -0.25) is 4.79 Å². The molecule has 0 aliphatic carbocycles. The maximum atomic E-state index is 13.1. The Kier molecular flexibility index (Phi) is 2.66. The highest BCUT2D eigenvalue weighted by Gasteiger charge is 2.75. The molecule has 6 unspecified atom stereocenters. The smallest absolute Gasteiger partial charge is 0.395 e. The molecule has 2 bridgehead atoms. The lowest BCUT2D eigenvalue weighted by Crippen LogP contribution is -2.49. The molecule has 0 aromatic carbocycles. The van der Waals surface area contributed by atoms with E-state index in [1.807, 2.05) is 0 Å². The molecular weight excluding hydrogens is 281 g/mol. The summed E-state index contributed by atoms with van der Waals surface area (Å²) in [5, 5.41) is 0. The molecule has 0 aromatic heterocycles. The van der Waals surface area contributed by atoms with Crippen LogP contribution in [0.4, 0.5) is 13.2 Å². The Labute approximate surface area is 111 Å². The monoisotopic (exact) mass is 292 g/mol. The molecule has 3 fully saturated rings. The Balaban J connectivity index is 1.90. The standard InChI is InChI=1S/C12H11F3O5/c1-3(2)10(16)19-9-7-5(12(13,14)15)4-6(18-7)8(9)20-11(4)17/h4-9H,1H2,2H3. The van der Waals surface area contributed by atoms with Crippen molar-refractivity contribution in [2.45, 2.75) is 37.5 Å². The summed E-state index contributed by atoms with van der Waals surface area (Å²) in [5.74, 6) is -5.13. The fourth-order valence-corrected chi connectivity index (χ4v) is 3.07. The quantitative estimate of drug-likeness (QED) is 0.561. The number of carbonyl (C=O) groups is 2. The molecular formula is C12H11F3O5. The zero-order chi connectivity index (χ0) is 14.8. The van der Waals surface area contributed by atoms with Gasteiger partial charge in [-0.2, -0.15) is 13.2 Å². The van der Waals surface area contributed by atoms with E-state index in [9.17, 15) is 22.8 Å². The molecule has 20 heavy (non-hydrogen) atoms. The van der Waals surface area contributed by atoms with Crippen molar-refractivity contribution in [3.8, 4) is 0 Å². The van der Waals surface area contributed by atoms with Gasteiger partial charge in [0.15, 0.2) is 12.2 Å². The highest BCUT2D eigenvalue weighted by molar-refractivity contribution is 5.87. The van der Waals surface area contributed by atoms with E-state index in [0.29, 0.717) is 0 Å². The third-order valence-corrected chi connectivity index (χ3v) is 3.87. The van der Waals surface area contributed by atoms with Gasteiger partial charge in [-0.1, -0.05) is 6.58 Å². The second kappa shape index (κ2) is 3.97. The average molecular weight is 292 g/mol. The van der Waals surface area contributed by atoms with E-state index in [1.54, 1.807) is 0 Å². The van der Waals surface area contributed by atoms with Crippen LogP contribution >= 0.6 is 0 Å². The van der Waals surface area contributed by atoms with Gasteiger partial charge in [-0.05, 0) is 6.92 Å². The molecule has 6 atom stereocenters. The van der Waals surface area contributed by atoms with E-state index in [2.05, 4.69) is 6.58 Å². The molecule has 3 aliphatic rings. The first-order valence-corrected chi connectivity index (χ1v) is 6.01. The minimum atomic E-state index is -4.62. The molecule has 3 saturated heterocycles. The number of hydrogen-bond acceptors (Lipinski definition) is 5. The molecule has 0 amide bonds. The first-order chi connectivity index (χ1) is 9.21.